The molecule has 4 aromatic heterocycles. The molecule has 0 N–H and O–H groups in total. The van der Waals surface area contributed by atoms with Gasteiger partial charge in [0.25, 0.3) is 0 Å². The number of rotatable bonds is 6. The van der Waals surface area contributed by atoms with Crippen molar-refractivity contribution in [1.29, 1.82) is 0 Å². The van der Waals surface area contributed by atoms with E-state index in [4.69, 9.17) is 8.53 Å². The van der Waals surface area contributed by atoms with Gasteiger partial charge in [-0.3, -0.25) is 0 Å². The predicted molar refractivity (Wildman–Crippen MR) is 188 cm³/mol. The Kier molecular flexibility index (Phi) is 9.18. The van der Waals surface area contributed by atoms with Crippen molar-refractivity contribution in [3.63, 3.8) is 0 Å². The van der Waals surface area contributed by atoms with Crippen molar-refractivity contribution in [2.24, 2.45) is 0 Å². The van der Waals surface area contributed by atoms with E-state index in [2.05, 4.69) is 58.9 Å². The second-order valence-corrected chi connectivity index (χ2v) is 17.2. The Morgan fingerprint density at radius 3 is 2.33 bits per heavy atom. The molecule has 0 unspecified atom stereocenters. The van der Waals surface area contributed by atoms with E-state index in [1.54, 1.807) is 24.4 Å². The molecule has 4 nitrogen and oxygen atoms in total. The van der Waals surface area contributed by atoms with Gasteiger partial charge in [-0.1, -0.05) is 98.5 Å². The first-order valence-electron chi connectivity index (χ1n) is 16.5. The third-order valence-electron chi connectivity index (χ3n) is 7.55. The molecule has 233 valence electrons. The molecule has 6 heteroatoms. The van der Waals surface area contributed by atoms with E-state index < -0.39 is 20.3 Å². The minimum atomic E-state index is -1.75. The number of furan rings is 1. The molecule has 0 spiro atoms. The third kappa shape index (κ3) is 7.59. The normalized spacial score (nSPS) is 12.8. The second-order valence-electron chi connectivity index (χ2n) is 12.1. The third-order valence-corrected chi connectivity index (χ3v) is 9.58. The molecule has 0 bridgehead atoms. The first kappa shape index (κ1) is 29.2. The number of aromatic nitrogens is 3. The zero-order chi connectivity index (χ0) is 34.1. The number of hydrogen-bond acceptors (Lipinski definition) is 4. The number of pyridine rings is 3. The molecule has 0 amide bonds. The predicted octanol–water partition coefficient (Wildman–Crippen LogP) is 9.65. The molecule has 3 aromatic carbocycles. The maximum absolute atomic E-state index is 8.61. The van der Waals surface area contributed by atoms with Gasteiger partial charge < -0.3 is 14.4 Å². The molecule has 1 radical (unpaired) electrons. The van der Waals surface area contributed by atoms with Crippen molar-refractivity contribution >= 4 is 35.3 Å². The van der Waals surface area contributed by atoms with Gasteiger partial charge in [0.1, 0.15) is 0 Å². The fraction of sp³-hybridized carbons (Fsp3) is 0.175. The summed E-state index contributed by atoms with van der Waals surface area (Å²) in [5.41, 5.74) is 6.07. The summed E-state index contributed by atoms with van der Waals surface area (Å²) in [4.78, 5) is 13.5. The van der Waals surface area contributed by atoms with Gasteiger partial charge in [-0.05, 0) is 46.2 Å². The number of benzene rings is 3. The molecular weight excluding hydrogens is 759 g/mol. The van der Waals surface area contributed by atoms with Crippen molar-refractivity contribution in [2.75, 3.05) is 0 Å². The van der Waals surface area contributed by atoms with Crippen molar-refractivity contribution in [2.45, 2.75) is 45.8 Å². The van der Waals surface area contributed by atoms with Gasteiger partial charge in [0.05, 0.1) is 13.7 Å². The zero-order valence-electron chi connectivity index (χ0n) is 29.6. The summed E-state index contributed by atoms with van der Waals surface area (Å²) in [6.45, 7) is 10.7. The van der Waals surface area contributed by atoms with Crippen LogP contribution in [0.5, 0.6) is 0 Å². The van der Waals surface area contributed by atoms with Crippen LogP contribution in [0, 0.1) is 12.1 Å². The standard InChI is InChI=1S/C26H21N2O.C14H16NSi.Ir/c1-17(2)19-13-14-27-24(16-19)23-10-6-9-21-22-12-11-20(28-26(22)29-25(21)23)15-18-7-4-3-5-8-18;1-16(2,3)13-9-10-14(15-11-13)12-7-5-4-6-8-12;/h3-9,11-14,16-17H,15H2,1-2H3;4-7,9-11H,1-3H3;/q2*-1;/i15D2,17D;;. The molecule has 7 aromatic rings. The summed E-state index contributed by atoms with van der Waals surface area (Å²) in [6.07, 6.45) is 1.96. The zero-order valence-corrected chi connectivity index (χ0v) is 29.9. The Morgan fingerprint density at radius 2 is 1.63 bits per heavy atom. The first-order valence-corrected chi connectivity index (χ1v) is 18.5. The van der Waals surface area contributed by atoms with Crippen LogP contribution in [0.25, 0.3) is 44.6 Å². The number of nitrogens with zero attached hydrogens (tertiary/aromatic N) is 3. The minimum absolute atomic E-state index is 0. The van der Waals surface area contributed by atoms with Crippen LogP contribution >= 0.6 is 0 Å². The Hall–Kier alpha value is -4.22. The van der Waals surface area contributed by atoms with E-state index in [9.17, 15) is 0 Å². The van der Waals surface area contributed by atoms with E-state index >= 15 is 0 Å². The van der Waals surface area contributed by atoms with Gasteiger partial charge in [-0.25, -0.2) is 4.98 Å². The van der Waals surface area contributed by atoms with Crippen molar-refractivity contribution in [3.8, 4) is 22.5 Å². The molecule has 0 aliphatic heterocycles. The van der Waals surface area contributed by atoms with Crippen LogP contribution in [-0.4, -0.2) is 23.0 Å². The van der Waals surface area contributed by atoms with Crippen LogP contribution in [-0.2, 0) is 26.5 Å². The molecule has 46 heavy (non-hydrogen) atoms. The summed E-state index contributed by atoms with van der Waals surface area (Å²) in [7, 11) is -1.23. The SMILES string of the molecule is C[Si](C)(C)c1ccc(-c2[c-]cccc2)nc1.[2H]C(C)(C)c1ccnc(-c2[c-]ccc3c2oc2nc(C([2H])([2H])c4ccccc4)ccc23)c1.[Ir]. The Balaban J connectivity index is 0.000000233. The van der Waals surface area contributed by atoms with Gasteiger partial charge in [0.15, 0.2) is 0 Å². The van der Waals surface area contributed by atoms with Crippen LogP contribution in [0.3, 0.4) is 0 Å². The topological polar surface area (TPSA) is 51.8 Å². The van der Waals surface area contributed by atoms with Crippen LogP contribution in [0.2, 0.25) is 19.6 Å². The van der Waals surface area contributed by atoms with Crippen LogP contribution in [0.4, 0.5) is 0 Å². The average molecular weight is 799 g/mol. The van der Waals surface area contributed by atoms with Gasteiger partial charge in [0, 0.05) is 54.1 Å². The molecule has 0 aliphatic rings. The summed E-state index contributed by atoms with van der Waals surface area (Å²) < 4.78 is 31.7. The van der Waals surface area contributed by atoms with E-state index in [1.165, 1.54) is 5.19 Å². The molecule has 0 atom stereocenters. The summed E-state index contributed by atoms with van der Waals surface area (Å²) in [5, 5.41) is 3.07. The summed E-state index contributed by atoms with van der Waals surface area (Å²) in [5.74, 6) is -0.751. The van der Waals surface area contributed by atoms with Gasteiger partial charge >= 0.3 is 0 Å². The Morgan fingerprint density at radius 1 is 0.826 bits per heavy atom. The molecule has 0 fully saturated rings. The Bertz CT molecular complexity index is 2180. The molecule has 0 saturated carbocycles. The smallest absolute Gasteiger partial charge is 0.216 e. The molecular formula is C40H37IrN3OSi-2. The van der Waals surface area contributed by atoms with Crippen LogP contribution < -0.4 is 5.19 Å². The second kappa shape index (κ2) is 14.5. The van der Waals surface area contributed by atoms with Crippen LogP contribution in [0.1, 0.15) is 40.7 Å². The first-order chi connectivity index (χ1) is 22.8. The number of fused-ring (bicyclic) bond motifs is 3. The average Bonchev–Trinajstić information content (AvgIpc) is 3.47. The van der Waals surface area contributed by atoms with Crippen LogP contribution in [0.15, 0.2) is 120 Å². The largest absolute Gasteiger partial charge is 0.486 e. The maximum Gasteiger partial charge on any atom is 0.216 e. The quantitative estimate of drug-likeness (QED) is 0.124. The van der Waals surface area contributed by atoms with Gasteiger partial charge in [0.2, 0.25) is 5.71 Å². The van der Waals surface area contributed by atoms with Crippen molar-refractivity contribution in [1.82, 2.24) is 15.0 Å². The van der Waals surface area contributed by atoms with Crippen molar-refractivity contribution < 1.29 is 28.6 Å². The van der Waals surface area contributed by atoms with E-state index in [1.807, 2.05) is 92.8 Å². The monoisotopic (exact) mass is 799 g/mol. The minimum Gasteiger partial charge on any atom is -0.486 e. The fourth-order valence-corrected chi connectivity index (χ4v) is 6.01. The molecule has 0 saturated heterocycles. The summed E-state index contributed by atoms with van der Waals surface area (Å²) >= 11 is 0. The van der Waals surface area contributed by atoms with E-state index in [0.717, 1.165) is 27.6 Å². The molecule has 7 rings (SSSR count). The summed E-state index contributed by atoms with van der Waals surface area (Å²) in [6, 6.07) is 38.7. The maximum atomic E-state index is 8.61. The van der Waals surface area contributed by atoms with Gasteiger partial charge in [-0.15, -0.1) is 54.1 Å². The molecule has 4 heterocycles. The Labute approximate surface area is 290 Å². The van der Waals surface area contributed by atoms with E-state index in [-0.39, 0.29) is 25.8 Å². The fourth-order valence-electron chi connectivity index (χ4n) is 4.98. The molecule has 0 aliphatic carbocycles. The van der Waals surface area contributed by atoms with E-state index in [0.29, 0.717) is 28.1 Å². The van der Waals surface area contributed by atoms with Gasteiger partial charge in [-0.2, -0.15) is 0 Å². The number of hydrogen-bond donors (Lipinski definition) is 0. The van der Waals surface area contributed by atoms with Crippen molar-refractivity contribution in [3.05, 3.63) is 144 Å².